The summed E-state index contributed by atoms with van der Waals surface area (Å²) in [4.78, 5) is 10.3. The molecule has 1 rings (SSSR count). The summed E-state index contributed by atoms with van der Waals surface area (Å²) in [7, 11) is -2.71. The molecular formula is C13H17BrFNO4S. The molecule has 0 amide bonds. The summed E-state index contributed by atoms with van der Waals surface area (Å²) < 4.78 is 40.1. The highest BCUT2D eigenvalue weighted by Gasteiger charge is 2.28. The zero-order valence-electron chi connectivity index (χ0n) is 11.8. The molecule has 0 aliphatic carbocycles. The first-order chi connectivity index (χ1) is 9.71. The lowest BCUT2D eigenvalue weighted by Crippen LogP contribution is -2.29. The molecule has 0 saturated heterocycles. The van der Waals surface area contributed by atoms with E-state index in [0.29, 0.717) is 6.42 Å². The highest BCUT2D eigenvalue weighted by molar-refractivity contribution is 9.10. The summed E-state index contributed by atoms with van der Waals surface area (Å²) >= 11 is 3.01. The number of unbranched alkanes of at least 4 members (excludes halogenated alkanes) is 2. The number of hydrogen-bond acceptors (Lipinski definition) is 3. The van der Waals surface area contributed by atoms with Crippen molar-refractivity contribution in [2.75, 3.05) is 13.6 Å². The van der Waals surface area contributed by atoms with Gasteiger partial charge < -0.3 is 5.11 Å². The number of rotatable bonds is 7. The van der Waals surface area contributed by atoms with Crippen molar-refractivity contribution in [3.05, 3.63) is 28.0 Å². The molecule has 0 bridgehead atoms. The van der Waals surface area contributed by atoms with E-state index in [0.717, 1.165) is 29.3 Å². The van der Waals surface area contributed by atoms with Crippen molar-refractivity contribution in [2.24, 2.45) is 0 Å². The van der Waals surface area contributed by atoms with Gasteiger partial charge >= 0.3 is 5.97 Å². The van der Waals surface area contributed by atoms with Crippen molar-refractivity contribution < 1.29 is 22.7 Å². The van der Waals surface area contributed by atoms with E-state index in [1.807, 2.05) is 6.92 Å². The zero-order chi connectivity index (χ0) is 16.2. The number of carboxylic acids is 1. The number of nitrogens with zero attached hydrogens (tertiary/aromatic N) is 1. The lowest BCUT2D eigenvalue weighted by atomic mass is 10.2. The molecule has 1 N–H and O–H groups in total. The van der Waals surface area contributed by atoms with Crippen LogP contribution in [-0.4, -0.2) is 37.4 Å². The SMILES string of the molecule is CCCCCN(C)S(=O)(=O)c1cc(Br)cc(C(=O)O)c1F. The summed E-state index contributed by atoms with van der Waals surface area (Å²) in [5, 5.41) is 8.92. The number of sulfonamides is 1. The molecule has 8 heteroatoms. The summed E-state index contributed by atoms with van der Waals surface area (Å²) in [6.45, 7) is 2.24. The zero-order valence-corrected chi connectivity index (χ0v) is 14.2. The third-order valence-electron chi connectivity index (χ3n) is 3.00. The number of aromatic carboxylic acids is 1. The van der Waals surface area contributed by atoms with E-state index in [-0.39, 0.29) is 11.0 Å². The van der Waals surface area contributed by atoms with Crippen molar-refractivity contribution in [1.82, 2.24) is 4.31 Å². The molecule has 1 aromatic rings. The van der Waals surface area contributed by atoms with E-state index in [1.54, 1.807) is 0 Å². The quantitative estimate of drug-likeness (QED) is 0.736. The largest absolute Gasteiger partial charge is 0.478 e. The molecule has 0 unspecified atom stereocenters. The maximum Gasteiger partial charge on any atom is 0.338 e. The summed E-state index contributed by atoms with van der Waals surface area (Å²) in [5.74, 6) is -2.76. The minimum absolute atomic E-state index is 0.196. The number of carboxylic acid groups (broad SMARTS) is 1. The Morgan fingerprint density at radius 3 is 2.52 bits per heavy atom. The topological polar surface area (TPSA) is 74.7 Å². The van der Waals surface area contributed by atoms with E-state index in [2.05, 4.69) is 15.9 Å². The number of hydrogen-bond donors (Lipinski definition) is 1. The minimum atomic E-state index is -4.06. The molecule has 0 radical (unpaired) electrons. The van der Waals surface area contributed by atoms with Crippen LogP contribution in [0.1, 0.15) is 36.5 Å². The van der Waals surface area contributed by atoms with E-state index in [4.69, 9.17) is 5.11 Å². The van der Waals surface area contributed by atoms with Crippen LogP contribution in [0.5, 0.6) is 0 Å². The van der Waals surface area contributed by atoms with Gasteiger partial charge in [0.15, 0.2) is 5.82 Å². The van der Waals surface area contributed by atoms with Gasteiger partial charge in [-0.2, -0.15) is 0 Å². The van der Waals surface area contributed by atoms with Crippen LogP contribution in [0.25, 0.3) is 0 Å². The third kappa shape index (κ3) is 4.24. The van der Waals surface area contributed by atoms with Crippen LogP contribution in [0.15, 0.2) is 21.5 Å². The number of carbonyl (C=O) groups is 1. The van der Waals surface area contributed by atoms with Gasteiger partial charge in [0.2, 0.25) is 10.0 Å². The van der Waals surface area contributed by atoms with Crippen LogP contribution in [0.4, 0.5) is 4.39 Å². The Hall–Kier alpha value is -0.990. The van der Waals surface area contributed by atoms with E-state index < -0.39 is 32.3 Å². The molecule has 118 valence electrons. The second kappa shape index (κ2) is 7.33. The van der Waals surface area contributed by atoms with Crippen LogP contribution in [0.3, 0.4) is 0 Å². The molecular weight excluding hydrogens is 365 g/mol. The van der Waals surface area contributed by atoms with Crippen LogP contribution in [0.2, 0.25) is 0 Å². The lowest BCUT2D eigenvalue weighted by Gasteiger charge is -2.18. The van der Waals surface area contributed by atoms with Crippen molar-refractivity contribution in [3.63, 3.8) is 0 Å². The van der Waals surface area contributed by atoms with Crippen molar-refractivity contribution >= 4 is 31.9 Å². The van der Waals surface area contributed by atoms with E-state index >= 15 is 0 Å². The predicted molar refractivity (Wildman–Crippen MR) is 80.4 cm³/mol. The van der Waals surface area contributed by atoms with Gasteiger partial charge in [-0.05, 0) is 18.6 Å². The maximum atomic E-state index is 14.1. The third-order valence-corrected chi connectivity index (χ3v) is 5.31. The Balaban J connectivity index is 3.22. The highest BCUT2D eigenvalue weighted by Crippen LogP contribution is 2.26. The molecule has 0 aliphatic rings. The maximum absolute atomic E-state index is 14.1. The van der Waals surface area contributed by atoms with Crippen LogP contribution >= 0.6 is 15.9 Å². The first kappa shape index (κ1) is 18.1. The van der Waals surface area contributed by atoms with E-state index in [1.165, 1.54) is 7.05 Å². The van der Waals surface area contributed by atoms with Gasteiger partial charge in [-0.3, -0.25) is 0 Å². The molecule has 0 spiro atoms. The highest BCUT2D eigenvalue weighted by atomic mass is 79.9. The van der Waals surface area contributed by atoms with Gasteiger partial charge in [0, 0.05) is 18.1 Å². The Morgan fingerprint density at radius 1 is 1.38 bits per heavy atom. The van der Waals surface area contributed by atoms with Gasteiger partial charge in [0.05, 0.1) is 5.56 Å². The molecule has 1 aromatic carbocycles. The Labute approximate surface area is 131 Å². The summed E-state index contributed by atoms with van der Waals surface area (Å²) in [5.41, 5.74) is -0.676. The van der Waals surface area contributed by atoms with Crippen LogP contribution in [-0.2, 0) is 10.0 Å². The van der Waals surface area contributed by atoms with Crippen LogP contribution in [0, 0.1) is 5.82 Å². The Bertz CT molecular complexity index is 633. The fourth-order valence-electron chi connectivity index (χ4n) is 1.78. The second-order valence-electron chi connectivity index (χ2n) is 4.60. The van der Waals surface area contributed by atoms with Gasteiger partial charge in [-0.15, -0.1) is 0 Å². The first-order valence-electron chi connectivity index (χ1n) is 6.40. The van der Waals surface area contributed by atoms with Gasteiger partial charge in [0.1, 0.15) is 4.90 Å². The molecule has 0 heterocycles. The number of halogens is 2. The molecule has 21 heavy (non-hydrogen) atoms. The molecule has 0 saturated carbocycles. The van der Waals surface area contributed by atoms with Crippen molar-refractivity contribution in [2.45, 2.75) is 31.1 Å². The predicted octanol–water partition coefficient (Wildman–Crippen LogP) is 3.10. The molecule has 0 fully saturated rings. The average molecular weight is 382 g/mol. The van der Waals surface area contributed by atoms with Gasteiger partial charge in [-0.25, -0.2) is 21.9 Å². The standard InChI is InChI=1S/C13H17BrFNO4S/c1-3-4-5-6-16(2)21(19,20)11-8-9(14)7-10(12(11)15)13(17)18/h7-8H,3-6H2,1-2H3,(H,17,18). The molecule has 5 nitrogen and oxygen atoms in total. The van der Waals surface area contributed by atoms with Gasteiger partial charge in [0.25, 0.3) is 0 Å². The van der Waals surface area contributed by atoms with E-state index in [9.17, 15) is 17.6 Å². The van der Waals surface area contributed by atoms with Crippen LogP contribution < -0.4 is 0 Å². The van der Waals surface area contributed by atoms with Crippen molar-refractivity contribution in [1.29, 1.82) is 0 Å². The monoisotopic (exact) mass is 381 g/mol. The fourth-order valence-corrected chi connectivity index (χ4v) is 3.71. The molecule has 0 atom stereocenters. The first-order valence-corrected chi connectivity index (χ1v) is 8.63. The Kier molecular flexibility index (Phi) is 6.30. The number of benzene rings is 1. The normalized spacial score (nSPS) is 11.9. The fraction of sp³-hybridized carbons (Fsp3) is 0.462. The summed E-state index contributed by atoms with van der Waals surface area (Å²) in [6, 6.07) is 2.11. The lowest BCUT2D eigenvalue weighted by molar-refractivity contribution is 0.0691. The summed E-state index contributed by atoms with van der Waals surface area (Å²) in [6.07, 6.45) is 2.46. The van der Waals surface area contributed by atoms with Gasteiger partial charge in [-0.1, -0.05) is 35.7 Å². The minimum Gasteiger partial charge on any atom is -0.478 e. The smallest absolute Gasteiger partial charge is 0.338 e. The molecule has 0 aromatic heterocycles. The Morgan fingerprint density at radius 2 is 2.00 bits per heavy atom. The average Bonchev–Trinajstić information content (AvgIpc) is 2.40. The molecule has 0 aliphatic heterocycles. The van der Waals surface area contributed by atoms with Crippen molar-refractivity contribution in [3.8, 4) is 0 Å². The second-order valence-corrected chi connectivity index (χ2v) is 7.53.